The van der Waals surface area contributed by atoms with Gasteiger partial charge in [0.05, 0.1) is 22.7 Å². The van der Waals surface area contributed by atoms with Crippen LogP contribution in [-0.2, 0) is 0 Å². The molecule has 0 heterocycles. The van der Waals surface area contributed by atoms with Crippen LogP contribution in [0.4, 0.5) is 0 Å². The highest BCUT2D eigenvalue weighted by Gasteiger charge is 1.93. The van der Waals surface area contributed by atoms with Crippen molar-refractivity contribution in [1.82, 2.24) is 0 Å². The number of rotatable bonds is 2. The molecule has 0 aliphatic heterocycles. The van der Waals surface area contributed by atoms with Crippen LogP contribution >= 0.6 is 0 Å². The van der Waals surface area contributed by atoms with Crippen LogP contribution in [0.2, 0.25) is 0 Å². The summed E-state index contributed by atoms with van der Waals surface area (Å²) < 4.78 is 0. The fourth-order valence-electron chi connectivity index (χ4n) is 0.427. The van der Waals surface area contributed by atoms with Crippen LogP contribution < -0.4 is 0 Å². The molecule has 4 nitrogen and oxygen atoms in total. The predicted molar refractivity (Wildman–Crippen MR) is 49.2 cm³/mol. The van der Waals surface area contributed by atoms with Gasteiger partial charge in [0.1, 0.15) is 0 Å². The highest BCUT2D eigenvalue weighted by molar-refractivity contribution is 4.83. The van der Waals surface area contributed by atoms with Gasteiger partial charge in [-0.3, -0.25) is 0 Å². The average Bonchev–Trinajstić information content (AvgIpc) is 2.10. The van der Waals surface area contributed by atoms with Crippen LogP contribution in [0.1, 0.15) is 39.5 Å². The maximum atomic E-state index is 3.53. The van der Waals surface area contributed by atoms with Gasteiger partial charge in [-0.25, -0.2) is 0 Å². The second kappa shape index (κ2) is 9.58. The lowest BCUT2D eigenvalue weighted by molar-refractivity contribution is 0.975. The number of hydrogen-bond donors (Lipinski definition) is 0. The van der Waals surface area contributed by atoms with E-state index in [0.717, 1.165) is 25.7 Å². The van der Waals surface area contributed by atoms with E-state index in [-0.39, 0.29) is 0 Å². The number of hydrogen-bond acceptors (Lipinski definition) is 2. The van der Waals surface area contributed by atoms with Gasteiger partial charge >= 0.3 is 10.4 Å². The topological polar surface area (TPSA) is 33.4 Å². The Hall–Kier alpha value is -1.42. The molecular formula is C8H14N4+2. The van der Waals surface area contributed by atoms with Gasteiger partial charge in [-0.2, -0.15) is 0 Å². The molecule has 0 saturated carbocycles. The minimum absolute atomic E-state index is 0.807. The Morgan fingerprint density at radius 2 is 1.33 bits per heavy atom. The minimum Gasteiger partial charge on any atom is -0.0643 e. The van der Waals surface area contributed by atoms with Gasteiger partial charge in [0.2, 0.25) is 12.1 Å². The molecule has 0 aromatic rings. The second-order valence-corrected chi connectivity index (χ2v) is 2.20. The van der Waals surface area contributed by atoms with E-state index in [4.69, 9.17) is 0 Å². The smallest absolute Gasteiger partial charge is 0.0643 e. The quantitative estimate of drug-likeness (QED) is 0.444. The summed E-state index contributed by atoms with van der Waals surface area (Å²) in [7, 11) is 0. The van der Waals surface area contributed by atoms with E-state index >= 15 is 0 Å². The van der Waals surface area contributed by atoms with E-state index < -0.39 is 0 Å². The Kier molecular flexibility index (Phi) is 8.45. The summed E-state index contributed by atoms with van der Waals surface area (Å²) in [6.45, 7) is 4.10. The Morgan fingerprint density at radius 1 is 0.917 bits per heavy atom. The van der Waals surface area contributed by atoms with Crippen molar-refractivity contribution in [3.63, 3.8) is 0 Å². The Bertz CT molecular complexity index is 209. The summed E-state index contributed by atoms with van der Waals surface area (Å²) >= 11 is 0. The first-order valence-electron chi connectivity index (χ1n) is 4.17. The van der Waals surface area contributed by atoms with Crippen molar-refractivity contribution in [3.8, 4) is 12.1 Å². The largest absolute Gasteiger partial charge is 0.522 e. The van der Waals surface area contributed by atoms with Crippen molar-refractivity contribution in [2.75, 3.05) is 0 Å². The van der Waals surface area contributed by atoms with Gasteiger partial charge in [-0.05, 0) is 12.8 Å². The number of unbranched alkanes of at least 4 members (excludes halogenated alkanes) is 2. The lowest BCUT2D eigenvalue weighted by Crippen LogP contribution is -1.57. The van der Waals surface area contributed by atoms with Crippen molar-refractivity contribution in [2.24, 2.45) is 10.4 Å². The lowest BCUT2D eigenvalue weighted by atomic mass is 10.4. The molecule has 0 N–H and O–H groups in total. The zero-order valence-electron chi connectivity index (χ0n) is 7.62. The molecule has 0 saturated heterocycles. The first kappa shape index (κ1) is 10.6. The van der Waals surface area contributed by atoms with Crippen LogP contribution in [-0.4, -0.2) is 0 Å². The lowest BCUT2D eigenvalue weighted by Gasteiger charge is -1.63. The molecule has 64 valence electrons. The summed E-state index contributed by atoms with van der Waals surface area (Å²) in [5.74, 6) is 0. The van der Waals surface area contributed by atoms with E-state index in [1.54, 1.807) is 0 Å². The van der Waals surface area contributed by atoms with E-state index in [2.05, 4.69) is 32.5 Å². The van der Waals surface area contributed by atoms with Gasteiger partial charge in [0.25, 0.3) is 0 Å². The highest BCUT2D eigenvalue weighted by atomic mass is 15.5. The van der Waals surface area contributed by atoms with Gasteiger partial charge in [0.15, 0.2) is 0 Å². The summed E-state index contributed by atoms with van der Waals surface area (Å²) in [5.41, 5.74) is 0. The van der Waals surface area contributed by atoms with Crippen molar-refractivity contribution in [1.29, 1.82) is 0 Å². The molecule has 12 heavy (non-hydrogen) atoms. The van der Waals surface area contributed by atoms with Crippen LogP contribution in [0, 0.1) is 12.1 Å². The van der Waals surface area contributed by atoms with Crippen molar-refractivity contribution in [3.05, 3.63) is 9.91 Å². The molecule has 0 aromatic carbocycles. The molecule has 0 rings (SSSR count). The molecule has 0 unspecified atom stereocenters. The van der Waals surface area contributed by atoms with Gasteiger partial charge in [-0.1, -0.05) is 13.8 Å². The highest BCUT2D eigenvalue weighted by Crippen LogP contribution is 1.86. The zero-order valence-corrected chi connectivity index (χ0v) is 7.62. The molecule has 0 aliphatic carbocycles. The average molecular weight is 166 g/mol. The third-order valence-corrected chi connectivity index (χ3v) is 0.994. The van der Waals surface area contributed by atoms with Crippen LogP contribution in [0.5, 0.6) is 0 Å². The zero-order chi connectivity index (χ0) is 9.07. The van der Waals surface area contributed by atoms with Crippen LogP contribution in [0.15, 0.2) is 10.4 Å². The molecule has 0 aliphatic rings. The van der Waals surface area contributed by atoms with Crippen molar-refractivity contribution >= 4 is 0 Å². The van der Waals surface area contributed by atoms with E-state index in [1.165, 1.54) is 0 Å². The monoisotopic (exact) mass is 166 g/mol. The molecule has 0 atom stereocenters. The molecule has 0 bridgehead atoms. The fraction of sp³-hybridized carbons (Fsp3) is 0.750. The minimum atomic E-state index is 0.807. The molecule has 0 radical (unpaired) electrons. The standard InChI is InChI=1S/C8H14N4/c1-3-5-7-9-11-12-10-8-6-4-2/h3-6H2,1-2H3/q+2. The van der Waals surface area contributed by atoms with Gasteiger partial charge < -0.3 is 0 Å². The van der Waals surface area contributed by atoms with E-state index in [9.17, 15) is 0 Å². The molecule has 0 spiro atoms. The maximum Gasteiger partial charge on any atom is 0.522 e. The molecule has 0 fully saturated rings. The molecule has 4 heteroatoms. The third-order valence-electron chi connectivity index (χ3n) is 0.994. The molecule has 0 amide bonds. The van der Waals surface area contributed by atoms with Crippen molar-refractivity contribution < 1.29 is 0 Å². The summed E-state index contributed by atoms with van der Waals surface area (Å²) in [6.07, 6.45) is 3.65. The summed E-state index contributed by atoms with van der Waals surface area (Å²) in [4.78, 5) is 7.07. The Morgan fingerprint density at radius 3 is 1.67 bits per heavy atom. The Labute approximate surface area is 72.9 Å². The van der Waals surface area contributed by atoms with Gasteiger partial charge in [-0.15, -0.1) is 0 Å². The van der Waals surface area contributed by atoms with E-state index in [0.29, 0.717) is 0 Å². The van der Waals surface area contributed by atoms with E-state index in [1.807, 2.05) is 13.8 Å². The Balaban J connectivity index is 3.52. The predicted octanol–water partition coefficient (Wildman–Crippen LogP) is 3.53. The first-order valence-corrected chi connectivity index (χ1v) is 4.17. The molecular weight excluding hydrogens is 152 g/mol. The third kappa shape index (κ3) is 8.58. The summed E-state index contributed by atoms with van der Waals surface area (Å²) in [5, 5.41) is 6.78. The van der Waals surface area contributed by atoms with Crippen LogP contribution in [0.25, 0.3) is 9.91 Å². The first-order chi connectivity index (χ1) is 5.91. The van der Waals surface area contributed by atoms with Gasteiger partial charge in [0, 0.05) is 0 Å². The second-order valence-electron chi connectivity index (χ2n) is 2.20. The number of nitrogens with zero attached hydrogens (tertiary/aromatic N) is 4. The SMILES string of the molecule is CCCC#[N+]N=N[N+]#CCCC. The molecule has 0 aromatic heterocycles. The summed E-state index contributed by atoms with van der Waals surface area (Å²) in [6, 6.07) is 5.41. The van der Waals surface area contributed by atoms with Crippen molar-refractivity contribution in [2.45, 2.75) is 39.5 Å². The maximum absolute atomic E-state index is 3.53. The van der Waals surface area contributed by atoms with Crippen LogP contribution in [0.3, 0.4) is 0 Å². The fourth-order valence-corrected chi connectivity index (χ4v) is 0.427. The normalized spacial score (nSPS) is 8.50.